The van der Waals surface area contributed by atoms with Crippen molar-refractivity contribution >= 4 is 21.4 Å². The second kappa shape index (κ2) is 7.04. The van der Waals surface area contributed by atoms with Crippen molar-refractivity contribution in [2.45, 2.75) is 70.6 Å². The van der Waals surface area contributed by atoms with Gasteiger partial charge >= 0.3 is 0 Å². The van der Waals surface area contributed by atoms with E-state index in [1.54, 1.807) is 0 Å². The minimum atomic E-state index is -0.358. The monoisotopic (exact) mass is 337 g/mol. The third-order valence-corrected chi connectivity index (χ3v) is 5.27. The highest BCUT2D eigenvalue weighted by molar-refractivity contribution is 6.32. The van der Waals surface area contributed by atoms with Gasteiger partial charge in [0, 0.05) is 16.6 Å². The van der Waals surface area contributed by atoms with Crippen LogP contribution in [0.1, 0.15) is 58.6 Å². The van der Waals surface area contributed by atoms with Crippen molar-refractivity contribution in [2.75, 3.05) is 6.54 Å². The number of halogens is 1. The Hall–Kier alpha value is -0.353. The lowest BCUT2D eigenvalue weighted by Gasteiger charge is -2.30. The molecule has 1 aromatic carbocycles. The molecule has 1 N–H and O–H groups in total. The molecule has 0 unspecified atom stereocenters. The van der Waals surface area contributed by atoms with Gasteiger partial charge in [-0.25, -0.2) is 0 Å². The van der Waals surface area contributed by atoms with Gasteiger partial charge in [0.15, 0.2) is 0 Å². The number of nitrogens with one attached hydrogen (secondary N) is 1. The largest absolute Gasteiger partial charge is 0.408 e. The van der Waals surface area contributed by atoms with E-state index in [2.05, 4.69) is 52.1 Å². The fourth-order valence-corrected chi connectivity index (χ4v) is 3.25. The lowest BCUT2D eigenvalue weighted by Crippen LogP contribution is -2.28. The summed E-state index contributed by atoms with van der Waals surface area (Å²) in [5.41, 5.74) is 2.06. The zero-order chi connectivity index (χ0) is 16.4. The van der Waals surface area contributed by atoms with Crippen LogP contribution in [-0.2, 0) is 16.4 Å². The quantitative estimate of drug-likeness (QED) is 0.726. The molecule has 2 radical (unpaired) electrons. The average Bonchev–Trinajstić information content (AvgIpc) is 3.22. The number of rotatable bonds is 7. The molecule has 1 aliphatic rings. The van der Waals surface area contributed by atoms with Gasteiger partial charge in [0.05, 0.1) is 5.60 Å². The van der Waals surface area contributed by atoms with Gasteiger partial charge in [-0.2, -0.15) is 0 Å². The first-order valence-electron chi connectivity index (χ1n) is 8.15. The Bertz CT molecular complexity index is 506. The Morgan fingerprint density at radius 2 is 1.91 bits per heavy atom. The van der Waals surface area contributed by atoms with Gasteiger partial charge in [-0.1, -0.05) is 44.5 Å². The highest BCUT2D eigenvalue weighted by atomic mass is 35.5. The summed E-state index contributed by atoms with van der Waals surface area (Å²) in [5, 5.41) is 4.53. The van der Waals surface area contributed by atoms with Gasteiger partial charge in [0.2, 0.25) is 9.76 Å². The summed E-state index contributed by atoms with van der Waals surface area (Å²) in [5.74, 6) is 0. The Morgan fingerprint density at radius 3 is 2.50 bits per heavy atom. The summed E-state index contributed by atoms with van der Waals surface area (Å²) in [6, 6.07) is 7.11. The maximum Gasteiger partial charge on any atom is 0.236 e. The molecule has 0 heterocycles. The Balaban J connectivity index is 2.03. The smallest absolute Gasteiger partial charge is 0.236 e. The average molecular weight is 338 g/mol. The van der Waals surface area contributed by atoms with E-state index in [0.717, 1.165) is 29.6 Å². The van der Waals surface area contributed by atoms with E-state index >= 15 is 0 Å². The molecule has 1 fully saturated rings. The highest BCUT2D eigenvalue weighted by Gasteiger charge is 2.27. The van der Waals surface area contributed by atoms with Crippen molar-refractivity contribution in [3.63, 3.8) is 0 Å². The van der Waals surface area contributed by atoms with Gasteiger partial charge in [-0.15, -0.1) is 0 Å². The van der Waals surface area contributed by atoms with Crippen molar-refractivity contribution in [3.05, 3.63) is 34.3 Å². The second-order valence-electron chi connectivity index (χ2n) is 7.76. The van der Waals surface area contributed by atoms with Crippen LogP contribution in [-0.4, -0.2) is 22.3 Å². The number of hydrogen-bond acceptors (Lipinski definition) is 2. The first-order valence-corrected chi connectivity index (χ1v) is 9.43. The number of hydrogen-bond donors (Lipinski definition) is 1. The maximum atomic E-state index is 6.43. The van der Waals surface area contributed by atoms with E-state index in [1.807, 2.05) is 6.07 Å². The van der Waals surface area contributed by atoms with Crippen LogP contribution in [0, 0.1) is 0 Å². The topological polar surface area (TPSA) is 21.3 Å². The first-order chi connectivity index (χ1) is 10.2. The van der Waals surface area contributed by atoms with E-state index in [9.17, 15) is 0 Å². The maximum absolute atomic E-state index is 6.43. The van der Waals surface area contributed by atoms with E-state index in [1.165, 1.54) is 18.4 Å². The van der Waals surface area contributed by atoms with Gasteiger partial charge in [-0.05, 0) is 56.3 Å². The van der Waals surface area contributed by atoms with E-state index in [0.29, 0.717) is 9.76 Å². The van der Waals surface area contributed by atoms with Crippen LogP contribution in [0.5, 0.6) is 0 Å². The summed E-state index contributed by atoms with van der Waals surface area (Å²) in [4.78, 5) is 0. The van der Waals surface area contributed by atoms with Gasteiger partial charge in [0.25, 0.3) is 0 Å². The molecular formula is C18H28ClNOSi. The van der Waals surface area contributed by atoms with Gasteiger partial charge in [0.1, 0.15) is 0 Å². The molecule has 1 aliphatic carbocycles. The van der Waals surface area contributed by atoms with Crippen LogP contribution in [0.15, 0.2) is 18.2 Å². The fourth-order valence-electron chi connectivity index (χ4n) is 2.23. The Kier molecular flexibility index (Phi) is 5.76. The minimum absolute atomic E-state index is 0.176. The third-order valence-electron chi connectivity index (χ3n) is 3.72. The standard InChI is InChI=1S/C18H28ClNOSi/c1-17(2,3)22-21-18(4,5)15-12-13(6-9-16(15)19)10-11-20-14-7-8-14/h6,9,12,14,20H,7-8,10-11H2,1-5H3. The Labute approximate surface area is 142 Å². The molecule has 4 heteroatoms. The predicted molar refractivity (Wildman–Crippen MR) is 95.8 cm³/mol. The van der Waals surface area contributed by atoms with Crippen molar-refractivity contribution in [1.82, 2.24) is 5.32 Å². The Morgan fingerprint density at radius 1 is 1.23 bits per heavy atom. The SMILES string of the molecule is CC(C)(C)[Si]OC(C)(C)c1cc(CCNC2CC2)ccc1Cl. The normalized spacial score (nSPS) is 16.1. The van der Waals surface area contributed by atoms with Crippen molar-refractivity contribution < 1.29 is 4.43 Å². The molecule has 2 rings (SSSR count). The molecule has 0 aromatic heterocycles. The summed E-state index contributed by atoms with van der Waals surface area (Å²) in [6.45, 7) is 11.9. The van der Waals surface area contributed by atoms with Crippen molar-refractivity contribution in [2.24, 2.45) is 0 Å². The van der Waals surface area contributed by atoms with Crippen LogP contribution in [0.3, 0.4) is 0 Å². The fraction of sp³-hybridized carbons (Fsp3) is 0.667. The van der Waals surface area contributed by atoms with Crippen LogP contribution in [0.25, 0.3) is 0 Å². The number of benzene rings is 1. The molecule has 0 spiro atoms. The molecule has 22 heavy (non-hydrogen) atoms. The molecule has 0 bridgehead atoms. The van der Waals surface area contributed by atoms with Crippen LogP contribution in [0.2, 0.25) is 10.1 Å². The molecule has 0 aliphatic heterocycles. The third kappa shape index (κ3) is 5.69. The molecular weight excluding hydrogens is 310 g/mol. The van der Waals surface area contributed by atoms with E-state index in [-0.39, 0.29) is 10.6 Å². The molecule has 0 saturated heterocycles. The van der Waals surface area contributed by atoms with E-state index < -0.39 is 0 Å². The van der Waals surface area contributed by atoms with Crippen molar-refractivity contribution in [3.8, 4) is 0 Å². The lowest BCUT2D eigenvalue weighted by molar-refractivity contribution is 0.109. The van der Waals surface area contributed by atoms with Crippen molar-refractivity contribution in [1.29, 1.82) is 0 Å². The highest BCUT2D eigenvalue weighted by Crippen LogP contribution is 2.34. The van der Waals surface area contributed by atoms with Gasteiger partial charge in [-0.3, -0.25) is 0 Å². The van der Waals surface area contributed by atoms with E-state index in [4.69, 9.17) is 16.0 Å². The van der Waals surface area contributed by atoms with Crippen LogP contribution < -0.4 is 5.32 Å². The molecule has 122 valence electrons. The molecule has 1 saturated carbocycles. The minimum Gasteiger partial charge on any atom is -0.408 e. The molecule has 0 atom stereocenters. The second-order valence-corrected chi connectivity index (χ2v) is 10.1. The summed E-state index contributed by atoms with van der Waals surface area (Å²) in [7, 11) is 0.446. The first kappa shape index (κ1) is 18.0. The molecule has 0 amide bonds. The lowest BCUT2D eigenvalue weighted by atomic mass is 9.95. The zero-order valence-corrected chi connectivity index (χ0v) is 16.2. The summed E-state index contributed by atoms with van der Waals surface area (Å²) in [6.07, 6.45) is 3.71. The molecule has 1 aromatic rings. The van der Waals surface area contributed by atoms with Crippen LogP contribution in [0.4, 0.5) is 0 Å². The predicted octanol–water partition coefficient (Wildman–Crippen LogP) is 4.72. The zero-order valence-electron chi connectivity index (χ0n) is 14.4. The summed E-state index contributed by atoms with van der Waals surface area (Å²) >= 11 is 6.43. The van der Waals surface area contributed by atoms with Gasteiger partial charge < -0.3 is 9.74 Å². The molecule has 2 nitrogen and oxygen atoms in total. The summed E-state index contributed by atoms with van der Waals surface area (Å²) < 4.78 is 6.20. The van der Waals surface area contributed by atoms with Crippen LogP contribution >= 0.6 is 11.6 Å².